The molecule has 35 heavy (non-hydrogen) atoms. The molecule has 3 aliphatic rings. The summed E-state index contributed by atoms with van der Waals surface area (Å²) in [6.45, 7) is 4.03. The van der Waals surface area contributed by atoms with Crippen molar-refractivity contribution in [3.05, 3.63) is 64.5 Å². The molecule has 2 aromatic carbocycles. The van der Waals surface area contributed by atoms with Crippen LogP contribution in [0.25, 0.3) is 10.1 Å². The molecule has 0 N–H and O–H groups in total. The summed E-state index contributed by atoms with van der Waals surface area (Å²) >= 11 is 1.61. The van der Waals surface area contributed by atoms with Crippen molar-refractivity contribution in [2.75, 3.05) is 44.3 Å². The number of anilines is 1. The number of hydrogen-bond donors (Lipinski definition) is 0. The Morgan fingerprint density at radius 1 is 1.00 bits per heavy atom. The van der Waals surface area contributed by atoms with Gasteiger partial charge in [0.05, 0.1) is 42.5 Å². The Labute approximate surface area is 207 Å². The second-order valence-electron chi connectivity index (χ2n) is 9.37. The van der Waals surface area contributed by atoms with Gasteiger partial charge in [0.2, 0.25) is 5.91 Å². The predicted octanol–water partition coefficient (Wildman–Crippen LogP) is 3.77. The van der Waals surface area contributed by atoms with Crippen molar-refractivity contribution in [3.63, 3.8) is 0 Å². The van der Waals surface area contributed by atoms with Crippen LogP contribution in [0.2, 0.25) is 0 Å². The first-order valence-corrected chi connectivity index (χ1v) is 13.0. The molecular formula is C27H27N3O4S. The number of rotatable bonds is 4. The average molecular weight is 490 g/mol. The van der Waals surface area contributed by atoms with Gasteiger partial charge in [-0.25, -0.2) is 0 Å². The second kappa shape index (κ2) is 9.09. The Morgan fingerprint density at radius 2 is 1.83 bits per heavy atom. The number of carbonyl (C=O) groups excluding carboxylic acids is 3. The summed E-state index contributed by atoms with van der Waals surface area (Å²) in [6, 6.07) is 15.6. The summed E-state index contributed by atoms with van der Waals surface area (Å²) < 4.78 is 6.53. The molecule has 0 bridgehead atoms. The zero-order valence-corrected chi connectivity index (χ0v) is 20.3. The number of morpholine rings is 1. The third kappa shape index (κ3) is 4.00. The zero-order chi connectivity index (χ0) is 23.9. The summed E-state index contributed by atoms with van der Waals surface area (Å²) in [4.78, 5) is 46.3. The fourth-order valence-corrected chi connectivity index (χ4v) is 6.49. The minimum atomic E-state index is -0.250. The number of thiophene rings is 1. The molecule has 2 saturated heterocycles. The number of imide groups is 1. The maximum absolute atomic E-state index is 13.5. The lowest BCUT2D eigenvalue weighted by Crippen LogP contribution is -2.48. The van der Waals surface area contributed by atoms with E-state index in [1.165, 1.54) is 4.90 Å². The number of nitrogens with zero attached hydrogens (tertiary/aromatic N) is 3. The predicted molar refractivity (Wildman–Crippen MR) is 135 cm³/mol. The number of carbonyl (C=O) groups is 3. The van der Waals surface area contributed by atoms with E-state index in [4.69, 9.17) is 4.74 Å². The third-order valence-electron chi connectivity index (χ3n) is 7.20. The quantitative estimate of drug-likeness (QED) is 0.522. The van der Waals surface area contributed by atoms with E-state index in [2.05, 4.69) is 17.0 Å². The van der Waals surface area contributed by atoms with Crippen molar-refractivity contribution >= 4 is 44.8 Å². The van der Waals surface area contributed by atoms with Crippen LogP contribution in [-0.4, -0.2) is 66.9 Å². The van der Waals surface area contributed by atoms with Crippen LogP contribution in [0.15, 0.2) is 48.5 Å². The molecule has 1 unspecified atom stereocenters. The van der Waals surface area contributed by atoms with Crippen LogP contribution >= 0.6 is 11.3 Å². The molecule has 3 amide bonds. The van der Waals surface area contributed by atoms with Gasteiger partial charge in [-0.05, 0) is 42.5 Å². The molecule has 0 spiro atoms. The molecule has 7 nitrogen and oxygen atoms in total. The number of amides is 3. The molecule has 0 aliphatic carbocycles. The van der Waals surface area contributed by atoms with E-state index in [0.717, 1.165) is 40.0 Å². The van der Waals surface area contributed by atoms with Crippen molar-refractivity contribution in [2.45, 2.75) is 19.4 Å². The summed E-state index contributed by atoms with van der Waals surface area (Å²) in [7, 11) is 0. The van der Waals surface area contributed by atoms with Crippen LogP contribution in [0, 0.1) is 5.92 Å². The Bertz CT molecular complexity index is 1280. The molecule has 3 aliphatic heterocycles. The highest BCUT2D eigenvalue weighted by atomic mass is 32.1. The molecule has 1 atom stereocenters. The topological polar surface area (TPSA) is 70.2 Å². The minimum Gasteiger partial charge on any atom is -0.378 e. The van der Waals surface area contributed by atoms with Crippen LogP contribution < -0.4 is 4.90 Å². The van der Waals surface area contributed by atoms with Gasteiger partial charge in [-0.2, -0.15) is 0 Å². The van der Waals surface area contributed by atoms with Gasteiger partial charge in [0.25, 0.3) is 11.8 Å². The number of hydrogen-bond acceptors (Lipinski definition) is 6. The van der Waals surface area contributed by atoms with Gasteiger partial charge < -0.3 is 14.5 Å². The van der Waals surface area contributed by atoms with Gasteiger partial charge in [0.1, 0.15) is 0 Å². The molecule has 2 fully saturated rings. The van der Waals surface area contributed by atoms with Crippen molar-refractivity contribution in [1.82, 2.24) is 9.80 Å². The van der Waals surface area contributed by atoms with Crippen LogP contribution in [0.3, 0.4) is 0 Å². The first-order valence-electron chi connectivity index (χ1n) is 12.2. The number of piperidine rings is 1. The van der Waals surface area contributed by atoms with E-state index in [-0.39, 0.29) is 30.2 Å². The summed E-state index contributed by atoms with van der Waals surface area (Å²) in [5.41, 5.74) is 1.69. The standard InChI is InChI=1S/C27H27N3O4S/c31-25(28-11-13-34-14-12-28)19-6-4-10-29(16-19)22-8-3-7-21-24(22)27(33)30(26(21)32)17-20-15-18-5-1-2-9-23(18)35-20/h1-3,5,7-9,15,19H,4,6,10-14,16-17H2. The number of fused-ring (bicyclic) bond motifs is 2. The lowest BCUT2D eigenvalue weighted by Gasteiger charge is -2.37. The molecule has 6 rings (SSSR count). The molecular weight excluding hydrogens is 462 g/mol. The van der Waals surface area contributed by atoms with Crippen LogP contribution in [0.1, 0.15) is 38.4 Å². The number of ether oxygens (including phenoxy) is 1. The van der Waals surface area contributed by atoms with E-state index in [9.17, 15) is 14.4 Å². The van der Waals surface area contributed by atoms with Crippen molar-refractivity contribution < 1.29 is 19.1 Å². The maximum Gasteiger partial charge on any atom is 0.264 e. The third-order valence-corrected chi connectivity index (χ3v) is 8.30. The molecule has 3 aromatic rings. The molecule has 1 aromatic heterocycles. The van der Waals surface area contributed by atoms with E-state index >= 15 is 0 Å². The largest absolute Gasteiger partial charge is 0.378 e. The smallest absolute Gasteiger partial charge is 0.264 e. The van der Waals surface area contributed by atoms with E-state index in [1.54, 1.807) is 17.4 Å². The van der Waals surface area contributed by atoms with E-state index in [1.807, 2.05) is 35.2 Å². The van der Waals surface area contributed by atoms with Crippen molar-refractivity contribution in [3.8, 4) is 0 Å². The monoisotopic (exact) mass is 489 g/mol. The summed E-state index contributed by atoms with van der Waals surface area (Å²) in [6.07, 6.45) is 1.71. The molecule has 0 saturated carbocycles. The molecule has 8 heteroatoms. The Hall–Kier alpha value is -3.23. The Balaban J connectivity index is 1.24. The fourth-order valence-electron chi connectivity index (χ4n) is 5.43. The van der Waals surface area contributed by atoms with Gasteiger partial charge >= 0.3 is 0 Å². The zero-order valence-electron chi connectivity index (χ0n) is 19.4. The first-order chi connectivity index (χ1) is 17.1. The van der Waals surface area contributed by atoms with Gasteiger partial charge in [-0.1, -0.05) is 24.3 Å². The lowest BCUT2D eigenvalue weighted by molar-refractivity contribution is -0.139. The maximum atomic E-state index is 13.5. The normalized spacial score (nSPS) is 20.6. The highest BCUT2D eigenvalue weighted by Gasteiger charge is 2.40. The second-order valence-corrected chi connectivity index (χ2v) is 10.5. The lowest BCUT2D eigenvalue weighted by atomic mass is 9.94. The summed E-state index contributed by atoms with van der Waals surface area (Å²) in [5.74, 6) is -0.444. The van der Waals surface area contributed by atoms with Crippen molar-refractivity contribution in [2.24, 2.45) is 5.92 Å². The van der Waals surface area contributed by atoms with E-state index in [0.29, 0.717) is 44.0 Å². The SMILES string of the molecule is O=C(C1CCCN(c2cccc3c2C(=O)N(Cc2cc4ccccc4s2)C3=O)C1)N1CCOCC1. The van der Waals surface area contributed by atoms with Gasteiger partial charge in [0.15, 0.2) is 0 Å². The highest BCUT2D eigenvalue weighted by molar-refractivity contribution is 7.19. The fraction of sp³-hybridized carbons (Fsp3) is 0.370. The van der Waals surface area contributed by atoms with E-state index < -0.39 is 0 Å². The molecule has 4 heterocycles. The van der Waals surface area contributed by atoms with Gasteiger partial charge in [-0.15, -0.1) is 11.3 Å². The Kier molecular flexibility index (Phi) is 5.78. The number of benzene rings is 2. The van der Waals surface area contributed by atoms with Crippen LogP contribution in [0.4, 0.5) is 5.69 Å². The van der Waals surface area contributed by atoms with Gasteiger partial charge in [-0.3, -0.25) is 19.3 Å². The average Bonchev–Trinajstić information content (AvgIpc) is 3.43. The molecule has 0 radical (unpaired) electrons. The Morgan fingerprint density at radius 3 is 2.66 bits per heavy atom. The van der Waals surface area contributed by atoms with Crippen LogP contribution in [-0.2, 0) is 16.1 Å². The van der Waals surface area contributed by atoms with Gasteiger partial charge in [0, 0.05) is 35.8 Å². The molecule has 180 valence electrons. The van der Waals surface area contributed by atoms with Crippen molar-refractivity contribution in [1.29, 1.82) is 0 Å². The highest BCUT2D eigenvalue weighted by Crippen LogP contribution is 2.36. The first kappa shape index (κ1) is 22.2. The van der Waals surface area contributed by atoms with Crippen LogP contribution in [0.5, 0.6) is 0 Å². The minimum absolute atomic E-state index is 0.112. The summed E-state index contributed by atoms with van der Waals surface area (Å²) in [5, 5.41) is 1.12.